The maximum absolute atomic E-state index is 12.7. The van der Waals surface area contributed by atoms with E-state index < -0.39 is 6.04 Å². The van der Waals surface area contributed by atoms with Crippen molar-refractivity contribution in [2.24, 2.45) is 0 Å². The van der Waals surface area contributed by atoms with Gasteiger partial charge in [0.25, 0.3) is 0 Å². The van der Waals surface area contributed by atoms with Crippen LogP contribution in [0.4, 0.5) is 0 Å². The van der Waals surface area contributed by atoms with Crippen molar-refractivity contribution in [3.05, 3.63) is 41.5 Å². The van der Waals surface area contributed by atoms with Crippen LogP contribution in [0, 0.1) is 0 Å². The lowest BCUT2D eigenvalue weighted by Gasteiger charge is -2.29. The molecule has 0 aromatic heterocycles. The Balaban J connectivity index is 1.96. The Morgan fingerprint density at radius 1 is 1.21 bits per heavy atom. The zero-order chi connectivity index (χ0) is 20.4. The minimum atomic E-state index is -0.499. The molecule has 28 heavy (non-hydrogen) atoms. The molecule has 0 saturated carbocycles. The van der Waals surface area contributed by atoms with Gasteiger partial charge in [-0.25, -0.2) is 0 Å². The third-order valence-corrected chi connectivity index (χ3v) is 5.27. The van der Waals surface area contributed by atoms with Gasteiger partial charge in [0.1, 0.15) is 11.8 Å². The third kappa shape index (κ3) is 6.70. The highest BCUT2D eigenvalue weighted by molar-refractivity contribution is 5.87. The van der Waals surface area contributed by atoms with Crippen LogP contribution >= 0.6 is 0 Å². The SMILES string of the molecule is CCCC(=O)N(Cc1ccc(OC)cc1)[C@H](C)C(=O)NCCC1=CCCCC1. The maximum atomic E-state index is 12.7. The smallest absolute Gasteiger partial charge is 0.242 e. The minimum absolute atomic E-state index is 0.0101. The number of hydrogen-bond acceptors (Lipinski definition) is 3. The van der Waals surface area contributed by atoms with Crippen molar-refractivity contribution in [1.29, 1.82) is 0 Å². The van der Waals surface area contributed by atoms with Crippen molar-refractivity contribution in [3.63, 3.8) is 0 Å². The fourth-order valence-electron chi connectivity index (χ4n) is 3.49. The fraction of sp³-hybridized carbons (Fsp3) is 0.565. The average molecular weight is 387 g/mol. The number of rotatable bonds is 10. The normalized spacial score (nSPS) is 14.8. The van der Waals surface area contributed by atoms with Crippen molar-refractivity contribution < 1.29 is 14.3 Å². The van der Waals surface area contributed by atoms with E-state index in [9.17, 15) is 9.59 Å². The number of amides is 2. The molecule has 154 valence electrons. The van der Waals surface area contributed by atoms with Crippen molar-refractivity contribution in [1.82, 2.24) is 10.2 Å². The molecule has 1 aromatic rings. The molecule has 0 saturated heterocycles. The van der Waals surface area contributed by atoms with Gasteiger partial charge in [0.15, 0.2) is 0 Å². The summed E-state index contributed by atoms with van der Waals surface area (Å²) in [5.41, 5.74) is 2.42. The van der Waals surface area contributed by atoms with Crippen LogP contribution in [-0.2, 0) is 16.1 Å². The van der Waals surface area contributed by atoms with Crippen LogP contribution in [-0.4, -0.2) is 36.4 Å². The van der Waals surface area contributed by atoms with E-state index in [1.807, 2.05) is 38.1 Å². The van der Waals surface area contributed by atoms with Crippen LogP contribution in [0.1, 0.15) is 64.4 Å². The molecule has 1 atom stereocenters. The molecular weight excluding hydrogens is 352 g/mol. The maximum Gasteiger partial charge on any atom is 0.242 e. The molecule has 0 heterocycles. The number of carbonyl (C=O) groups excluding carboxylic acids is 2. The summed E-state index contributed by atoms with van der Waals surface area (Å²) in [6.07, 6.45) is 9.23. The zero-order valence-corrected chi connectivity index (χ0v) is 17.5. The molecule has 1 N–H and O–H groups in total. The van der Waals surface area contributed by atoms with Crippen molar-refractivity contribution in [2.45, 2.75) is 71.4 Å². The summed E-state index contributed by atoms with van der Waals surface area (Å²) in [7, 11) is 1.63. The number of carbonyl (C=O) groups is 2. The average Bonchev–Trinajstić information content (AvgIpc) is 2.72. The van der Waals surface area contributed by atoms with Gasteiger partial charge in [-0.15, -0.1) is 0 Å². The Labute approximate surface area is 169 Å². The largest absolute Gasteiger partial charge is 0.497 e. The highest BCUT2D eigenvalue weighted by Crippen LogP contribution is 2.19. The van der Waals surface area contributed by atoms with Crippen LogP contribution in [0.3, 0.4) is 0 Å². The molecule has 2 rings (SSSR count). The highest BCUT2D eigenvalue weighted by Gasteiger charge is 2.25. The first-order valence-electron chi connectivity index (χ1n) is 10.4. The molecular formula is C23H34N2O3. The lowest BCUT2D eigenvalue weighted by Crippen LogP contribution is -2.47. The predicted octanol–water partition coefficient (Wildman–Crippen LogP) is 4.22. The van der Waals surface area contributed by atoms with Crippen LogP contribution < -0.4 is 10.1 Å². The van der Waals surface area contributed by atoms with Crippen molar-refractivity contribution in [3.8, 4) is 5.75 Å². The summed E-state index contributed by atoms with van der Waals surface area (Å²) in [5.74, 6) is 0.698. The van der Waals surface area contributed by atoms with E-state index in [-0.39, 0.29) is 11.8 Å². The summed E-state index contributed by atoms with van der Waals surface area (Å²) in [6, 6.07) is 7.12. The summed E-state index contributed by atoms with van der Waals surface area (Å²) in [6.45, 7) is 4.84. The van der Waals surface area contributed by atoms with E-state index >= 15 is 0 Å². The molecule has 0 aliphatic heterocycles. The standard InChI is InChI=1S/C23H34N2O3/c1-4-8-22(26)25(17-20-11-13-21(28-3)14-12-20)18(2)23(27)24-16-15-19-9-6-5-7-10-19/h9,11-14,18H,4-8,10,15-17H2,1-3H3,(H,24,27)/t18-/m1/s1. The second-order valence-electron chi connectivity index (χ2n) is 7.44. The summed E-state index contributed by atoms with van der Waals surface area (Å²) in [4.78, 5) is 27.0. The number of benzene rings is 1. The Morgan fingerprint density at radius 3 is 2.57 bits per heavy atom. The third-order valence-electron chi connectivity index (χ3n) is 5.27. The number of allylic oxidation sites excluding steroid dienone is 1. The van der Waals surface area contributed by atoms with Gasteiger partial charge < -0.3 is 15.0 Å². The number of nitrogens with one attached hydrogen (secondary N) is 1. The van der Waals surface area contributed by atoms with Crippen LogP contribution in [0.15, 0.2) is 35.9 Å². The summed E-state index contributed by atoms with van der Waals surface area (Å²) >= 11 is 0. The molecule has 0 fully saturated rings. The van der Waals surface area contributed by atoms with Gasteiger partial charge in [0.05, 0.1) is 7.11 Å². The minimum Gasteiger partial charge on any atom is -0.497 e. The van der Waals surface area contributed by atoms with E-state index in [1.165, 1.54) is 18.4 Å². The first-order chi connectivity index (χ1) is 13.5. The molecule has 0 spiro atoms. The Bertz CT molecular complexity index is 667. The lowest BCUT2D eigenvalue weighted by molar-refractivity contribution is -0.140. The number of methoxy groups -OCH3 is 1. The monoisotopic (exact) mass is 386 g/mol. The Hall–Kier alpha value is -2.30. The molecule has 1 aliphatic carbocycles. The van der Waals surface area contributed by atoms with Crippen molar-refractivity contribution >= 4 is 11.8 Å². The van der Waals surface area contributed by atoms with Gasteiger partial charge in [-0.05, 0) is 63.1 Å². The van der Waals surface area contributed by atoms with E-state index in [0.29, 0.717) is 19.5 Å². The highest BCUT2D eigenvalue weighted by atomic mass is 16.5. The Kier molecular flexibility index (Phi) is 9.05. The molecule has 5 nitrogen and oxygen atoms in total. The number of nitrogens with zero attached hydrogens (tertiary/aromatic N) is 1. The first-order valence-corrected chi connectivity index (χ1v) is 10.4. The summed E-state index contributed by atoms with van der Waals surface area (Å²) in [5, 5.41) is 3.02. The van der Waals surface area contributed by atoms with Gasteiger partial charge in [-0.1, -0.05) is 30.7 Å². The summed E-state index contributed by atoms with van der Waals surface area (Å²) < 4.78 is 5.19. The molecule has 1 aliphatic rings. The second kappa shape index (κ2) is 11.5. The van der Waals surface area contributed by atoms with E-state index in [1.54, 1.807) is 12.0 Å². The predicted molar refractivity (Wildman–Crippen MR) is 112 cm³/mol. The topological polar surface area (TPSA) is 58.6 Å². The van der Waals surface area contributed by atoms with Crippen LogP contribution in [0.5, 0.6) is 5.75 Å². The van der Waals surface area contributed by atoms with Gasteiger partial charge in [-0.3, -0.25) is 9.59 Å². The van der Waals surface area contributed by atoms with E-state index in [4.69, 9.17) is 4.74 Å². The Morgan fingerprint density at radius 2 is 1.96 bits per heavy atom. The molecule has 2 amide bonds. The fourth-order valence-corrected chi connectivity index (χ4v) is 3.49. The lowest BCUT2D eigenvalue weighted by atomic mass is 9.97. The molecule has 0 radical (unpaired) electrons. The zero-order valence-electron chi connectivity index (χ0n) is 17.5. The second-order valence-corrected chi connectivity index (χ2v) is 7.44. The molecule has 1 aromatic carbocycles. The van der Waals surface area contributed by atoms with Gasteiger partial charge >= 0.3 is 0 Å². The number of ether oxygens (including phenoxy) is 1. The molecule has 5 heteroatoms. The number of hydrogen-bond donors (Lipinski definition) is 1. The van der Waals surface area contributed by atoms with E-state index in [2.05, 4.69) is 11.4 Å². The van der Waals surface area contributed by atoms with Gasteiger partial charge in [0, 0.05) is 19.5 Å². The van der Waals surface area contributed by atoms with Gasteiger partial charge in [-0.2, -0.15) is 0 Å². The van der Waals surface area contributed by atoms with Gasteiger partial charge in [0.2, 0.25) is 11.8 Å². The van der Waals surface area contributed by atoms with Crippen molar-refractivity contribution in [2.75, 3.05) is 13.7 Å². The van der Waals surface area contributed by atoms with Crippen LogP contribution in [0.2, 0.25) is 0 Å². The molecule has 0 bridgehead atoms. The van der Waals surface area contributed by atoms with Crippen LogP contribution in [0.25, 0.3) is 0 Å². The first kappa shape index (κ1) is 22.0. The quantitative estimate of drug-likeness (QED) is 0.613. The molecule has 0 unspecified atom stereocenters. The van der Waals surface area contributed by atoms with E-state index in [0.717, 1.165) is 37.0 Å².